The molecule has 6 aromatic rings. The normalized spacial score (nSPS) is 15.8. The second kappa shape index (κ2) is 30.0. The third-order valence-corrected chi connectivity index (χ3v) is 17.7. The molecule has 7 rings (SSSR count). The van der Waals surface area contributed by atoms with E-state index in [1.54, 1.807) is 61.7 Å². The first kappa shape index (κ1) is 66.3. The van der Waals surface area contributed by atoms with Crippen molar-refractivity contribution in [1.29, 1.82) is 0 Å². The fourth-order valence-electron chi connectivity index (χ4n) is 8.45. The van der Waals surface area contributed by atoms with Crippen LogP contribution in [0.3, 0.4) is 0 Å². The van der Waals surface area contributed by atoms with E-state index in [-0.39, 0.29) is 42.0 Å². The first-order valence-electron chi connectivity index (χ1n) is 25.2. The maximum absolute atomic E-state index is 14.7. The fourth-order valence-corrected chi connectivity index (χ4v) is 11.8. The summed E-state index contributed by atoms with van der Waals surface area (Å²) >= 11 is 3.26. The highest BCUT2D eigenvalue weighted by atomic mass is 79.9. The highest BCUT2D eigenvalue weighted by Gasteiger charge is 2.35. The molecule has 7 N–H and O–H groups in total. The molecule has 1 saturated carbocycles. The minimum absolute atomic E-state index is 0.0312. The van der Waals surface area contributed by atoms with Crippen LogP contribution in [0, 0.1) is 29.2 Å². The minimum Gasteiger partial charge on any atom is -0.497 e. The number of halogens is 5. The van der Waals surface area contributed by atoms with E-state index in [4.69, 9.17) is 26.7 Å². The summed E-state index contributed by atoms with van der Waals surface area (Å²) in [6.45, 7) is 5.57. The average Bonchev–Trinajstić information content (AvgIpc) is 3.53. The van der Waals surface area contributed by atoms with Crippen LogP contribution in [0.2, 0.25) is 0 Å². The lowest BCUT2D eigenvalue weighted by Crippen LogP contribution is -2.45. The van der Waals surface area contributed by atoms with E-state index >= 15 is 0 Å². The Hall–Kier alpha value is -6.18. The number of Topliss-reactive ketones (excluding diaryl/α,β-unsaturated/α-hetero) is 1. The summed E-state index contributed by atoms with van der Waals surface area (Å²) in [7, 11) is 0.489. The number of ketones is 1. The summed E-state index contributed by atoms with van der Waals surface area (Å²) < 4.78 is 119. The number of pyridine rings is 2. The van der Waals surface area contributed by atoms with Gasteiger partial charge in [-0.25, -0.2) is 48.0 Å². The van der Waals surface area contributed by atoms with Gasteiger partial charge in [0, 0.05) is 55.2 Å². The second-order valence-electron chi connectivity index (χ2n) is 19.8. The molecule has 0 saturated heterocycles. The Morgan fingerprint density at radius 2 is 1.09 bits per heavy atom. The third kappa shape index (κ3) is 20.4. The monoisotopic (exact) mass is 1210 g/mol. The molecule has 2 unspecified atom stereocenters. The van der Waals surface area contributed by atoms with E-state index in [9.17, 15) is 44.0 Å². The molecule has 1 aliphatic rings. The first-order chi connectivity index (χ1) is 37.5. The second-order valence-corrected chi connectivity index (χ2v) is 24.9. The topological polar surface area (TPSA) is 243 Å². The zero-order valence-corrected chi connectivity index (χ0v) is 49.3. The summed E-state index contributed by atoms with van der Waals surface area (Å²) in [5.41, 5.74) is 16.6. The number of hydrogen-bond acceptors (Lipinski definition) is 13. The minimum atomic E-state index is -3.88. The summed E-state index contributed by atoms with van der Waals surface area (Å²) in [6.07, 6.45) is 7.43. The van der Waals surface area contributed by atoms with Gasteiger partial charge in [0.15, 0.2) is 5.78 Å². The van der Waals surface area contributed by atoms with Crippen molar-refractivity contribution in [1.82, 2.24) is 23.9 Å². The van der Waals surface area contributed by atoms with Crippen LogP contribution in [0.4, 0.5) is 17.6 Å². The van der Waals surface area contributed by atoms with Gasteiger partial charge in [-0.1, -0.05) is 72.1 Å². The number of carbonyl (C=O) groups excluding carboxylic acids is 2. The van der Waals surface area contributed by atoms with Crippen molar-refractivity contribution in [3.05, 3.63) is 189 Å². The van der Waals surface area contributed by atoms with Crippen molar-refractivity contribution in [2.75, 3.05) is 46.9 Å². The molecule has 1 aliphatic carbocycles. The summed E-state index contributed by atoms with van der Waals surface area (Å²) in [5.74, 6) is -2.03. The zero-order chi connectivity index (χ0) is 59.6. The number of amides is 1. The van der Waals surface area contributed by atoms with Crippen molar-refractivity contribution in [2.45, 2.75) is 83.1 Å². The van der Waals surface area contributed by atoms with Crippen LogP contribution in [0.15, 0.2) is 126 Å². The Balaban J connectivity index is 0.000000264. The van der Waals surface area contributed by atoms with Gasteiger partial charge in [-0.3, -0.25) is 14.6 Å². The molecule has 434 valence electrons. The maximum atomic E-state index is 14.7. The number of rotatable bonds is 19. The Morgan fingerprint density at radius 1 is 0.662 bits per heavy atom. The zero-order valence-electron chi connectivity index (χ0n) is 46.1. The molecule has 1 amide bonds. The lowest BCUT2D eigenvalue weighted by Gasteiger charge is -2.28. The van der Waals surface area contributed by atoms with Gasteiger partial charge in [-0.2, -0.15) is 0 Å². The molecule has 0 bridgehead atoms. The van der Waals surface area contributed by atoms with Gasteiger partial charge < -0.3 is 32.0 Å². The van der Waals surface area contributed by atoms with Crippen molar-refractivity contribution < 1.29 is 53.5 Å². The van der Waals surface area contributed by atoms with Gasteiger partial charge in [-0.15, -0.1) is 0 Å². The Labute approximate surface area is 475 Å². The fraction of sp³-hybridized carbons (Fsp3) is 0.368. The number of nitrogens with two attached hydrogens (primary N) is 3. The lowest BCUT2D eigenvalue weighted by atomic mass is 9.86. The Morgan fingerprint density at radius 3 is 1.49 bits per heavy atom. The number of nitrogens with zero attached hydrogens (tertiary/aromatic N) is 4. The molecule has 16 nitrogen and oxygen atoms in total. The summed E-state index contributed by atoms with van der Waals surface area (Å²) in [5, 5.41) is 3.35. The van der Waals surface area contributed by atoms with Gasteiger partial charge in [0.25, 0.3) is 5.91 Å². The maximum Gasteiger partial charge on any atom is 0.267 e. The predicted octanol–water partition coefficient (Wildman–Crippen LogP) is 8.77. The van der Waals surface area contributed by atoms with Crippen LogP contribution in [-0.4, -0.2) is 100 Å². The highest BCUT2D eigenvalue weighted by Crippen LogP contribution is 2.29. The van der Waals surface area contributed by atoms with Gasteiger partial charge in [0.1, 0.15) is 46.2 Å². The largest absolute Gasteiger partial charge is 0.497 e. The average molecular weight is 1220 g/mol. The molecule has 80 heavy (non-hydrogen) atoms. The molecule has 4 aromatic carbocycles. The number of carbonyl (C=O) groups is 2. The molecule has 4 atom stereocenters. The molecular weight excluding hydrogens is 1140 g/mol. The standard InChI is InChI=1S/C25H27F2N3O4S.C18H22BrFN2O3S.C8H17N.C6H5FN2O/c1-25(28,16-35(32,33)30(2)15-17-4-8-20(34-3)9-5-17)21-12-18(6-10-22(21)27)13-24(31)23-11-7-19(26)14-29-23;1-18(21,16-10-14(19)6-9-17(16)20)12-26(23,24)22(2)11-13-4-7-15(25-3)8-5-13;1-7-5-3-4-6-8(7)9-2;7-4-1-2-5(6(8)10)9-3-4/h4-12,14H,13,15-16,28H2,1-3H3;4-10H,11-12,21H2,1-3H3;7-9H,3-6H2,1-2H3;1-3H,(H2,8,10)/t25-;18-;;/m00../s1. The van der Waals surface area contributed by atoms with E-state index in [1.165, 1.54) is 101 Å². The van der Waals surface area contributed by atoms with E-state index in [0.717, 1.165) is 58.0 Å². The molecule has 0 radical (unpaired) electrons. The van der Waals surface area contributed by atoms with Crippen molar-refractivity contribution in [2.24, 2.45) is 23.1 Å². The summed E-state index contributed by atoms with van der Waals surface area (Å²) in [6, 6.07) is 27.9. The van der Waals surface area contributed by atoms with E-state index in [2.05, 4.69) is 45.2 Å². The molecular formula is C57H71BrF4N8O8S2. The van der Waals surface area contributed by atoms with Crippen molar-refractivity contribution in [3.63, 3.8) is 0 Å². The van der Waals surface area contributed by atoms with Crippen LogP contribution in [0.1, 0.15) is 95.2 Å². The quantitative estimate of drug-likeness (QED) is 0.0438. The predicted molar refractivity (Wildman–Crippen MR) is 305 cm³/mol. The molecule has 2 aromatic heterocycles. The van der Waals surface area contributed by atoms with Gasteiger partial charge in [0.2, 0.25) is 20.0 Å². The number of nitrogens with one attached hydrogen (secondary N) is 1. The number of sulfonamides is 2. The number of benzene rings is 4. The smallest absolute Gasteiger partial charge is 0.267 e. The molecule has 23 heteroatoms. The highest BCUT2D eigenvalue weighted by molar-refractivity contribution is 9.10. The lowest BCUT2D eigenvalue weighted by molar-refractivity contribution is 0.0982. The number of hydrogen-bond donors (Lipinski definition) is 4. The van der Waals surface area contributed by atoms with Crippen molar-refractivity contribution in [3.8, 4) is 11.5 Å². The van der Waals surface area contributed by atoms with Crippen LogP contribution in [-0.2, 0) is 50.6 Å². The molecule has 0 aliphatic heterocycles. The van der Waals surface area contributed by atoms with Crippen molar-refractivity contribution >= 4 is 47.7 Å². The Kier molecular flexibility index (Phi) is 24.9. The van der Waals surface area contributed by atoms with E-state index in [0.29, 0.717) is 21.5 Å². The third-order valence-electron chi connectivity index (χ3n) is 13.1. The van der Waals surface area contributed by atoms with E-state index in [1.807, 2.05) is 0 Å². The molecule has 0 spiro atoms. The van der Waals surface area contributed by atoms with Gasteiger partial charge in [0.05, 0.1) is 49.2 Å². The van der Waals surface area contributed by atoms with Gasteiger partial charge in [-0.05, 0) is 129 Å². The van der Waals surface area contributed by atoms with E-state index < -0.39 is 77.6 Å². The SMILES string of the molecule is CNC1CCCCC1C.COc1ccc(CN(C)S(=O)(=O)C[C@](C)(N)c2cc(Br)ccc2F)cc1.COc1ccc(CN(C)S(=O)(=O)C[C@](C)(N)c2cc(CC(=O)c3ccc(F)cn3)ccc2F)cc1.NC(=O)c1ccc(F)cn1. The molecule has 1 fully saturated rings. The number of ether oxygens (including phenoxy) is 2. The van der Waals surface area contributed by atoms with Crippen LogP contribution >= 0.6 is 15.9 Å². The summed E-state index contributed by atoms with van der Waals surface area (Å²) in [4.78, 5) is 30.0. The number of methoxy groups -OCH3 is 2. The number of aromatic nitrogens is 2. The number of primary amides is 1. The Bertz CT molecular complexity index is 3200. The van der Waals surface area contributed by atoms with Crippen LogP contribution in [0.25, 0.3) is 0 Å². The van der Waals surface area contributed by atoms with Crippen LogP contribution in [0.5, 0.6) is 11.5 Å². The first-order valence-corrected chi connectivity index (χ1v) is 29.2. The van der Waals surface area contributed by atoms with Crippen LogP contribution < -0.4 is 32.0 Å². The van der Waals surface area contributed by atoms with Gasteiger partial charge >= 0.3 is 0 Å². The molecule has 2 heterocycles.